The Morgan fingerprint density at radius 1 is 0.408 bits per heavy atom. The van der Waals surface area contributed by atoms with E-state index in [9.17, 15) is 0 Å². The zero-order chi connectivity index (χ0) is 32.7. The van der Waals surface area contributed by atoms with Gasteiger partial charge in [-0.05, 0) is 96.0 Å². The highest BCUT2D eigenvalue weighted by molar-refractivity contribution is 6.21. The van der Waals surface area contributed by atoms with Crippen LogP contribution in [0, 0.1) is 0 Å². The molecule has 0 aliphatic heterocycles. The van der Waals surface area contributed by atoms with Gasteiger partial charge in [0.05, 0.1) is 11.2 Å². The van der Waals surface area contributed by atoms with Gasteiger partial charge in [-0.15, -0.1) is 0 Å². The fraction of sp³-hybridized carbons (Fsp3) is 0.0638. The van der Waals surface area contributed by atoms with Crippen LogP contribution in [0.3, 0.4) is 0 Å². The molecule has 0 unspecified atom stereocenters. The van der Waals surface area contributed by atoms with Gasteiger partial charge >= 0.3 is 0 Å². The van der Waals surface area contributed by atoms with Crippen molar-refractivity contribution in [3.05, 3.63) is 169 Å². The van der Waals surface area contributed by atoms with Crippen molar-refractivity contribution in [2.24, 2.45) is 0 Å². The smallest absolute Gasteiger partial charge is 0.160 e. The van der Waals surface area contributed by atoms with Crippen LogP contribution >= 0.6 is 0 Å². The third kappa shape index (κ3) is 4.27. The summed E-state index contributed by atoms with van der Waals surface area (Å²) in [4.78, 5) is 10.4. The average Bonchev–Trinajstić information content (AvgIpc) is 3.38. The maximum atomic E-state index is 5.26. The van der Waals surface area contributed by atoms with E-state index in [1.165, 1.54) is 65.7 Å². The molecular formula is C47H32N2. The van der Waals surface area contributed by atoms with Gasteiger partial charge in [-0.3, -0.25) is 0 Å². The summed E-state index contributed by atoms with van der Waals surface area (Å²) in [5, 5.41) is 8.61. The molecule has 2 heteroatoms. The van der Waals surface area contributed by atoms with Crippen molar-refractivity contribution in [3.8, 4) is 44.9 Å². The first kappa shape index (κ1) is 27.9. The number of benzene rings is 8. The summed E-state index contributed by atoms with van der Waals surface area (Å²) < 4.78 is 0. The number of nitrogens with zero attached hydrogens (tertiary/aromatic N) is 2. The van der Waals surface area contributed by atoms with E-state index < -0.39 is 0 Å². The summed E-state index contributed by atoms with van der Waals surface area (Å²) in [5.74, 6) is 0.732. The lowest BCUT2D eigenvalue weighted by molar-refractivity contribution is 0.661. The predicted molar refractivity (Wildman–Crippen MR) is 206 cm³/mol. The number of hydrogen-bond donors (Lipinski definition) is 0. The van der Waals surface area contributed by atoms with Crippen molar-refractivity contribution in [3.63, 3.8) is 0 Å². The lowest BCUT2D eigenvalue weighted by atomic mass is 9.81. The molecule has 0 fully saturated rings. The van der Waals surface area contributed by atoms with Gasteiger partial charge < -0.3 is 0 Å². The van der Waals surface area contributed by atoms with Crippen molar-refractivity contribution < 1.29 is 0 Å². The molecule has 1 aromatic heterocycles. The average molecular weight is 625 g/mol. The number of para-hydroxylation sites is 1. The van der Waals surface area contributed by atoms with Crippen molar-refractivity contribution >= 4 is 43.2 Å². The molecule has 9 aromatic rings. The Balaban J connectivity index is 1.15. The van der Waals surface area contributed by atoms with Gasteiger partial charge in [-0.25, -0.2) is 9.97 Å². The highest BCUT2D eigenvalue weighted by Crippen LogP contribution is 2.50. The Hall–Kier alpha value is -6.12. The topological polar surface area (TPSA) is 25.8 Å². The van der Waals surface area contributed by atoms with Gasteiger partial charge in [0.15, 0.2) is 5.82 Å². The van der Waals surface area contributed by atoms with Crippen LogP contribution in [0.2, 0.25) is 0 Å². The Bertz CT molecular complexity index is 2790. The summed E-state index contributed by atoms with van der Waals surface area (Å²) in [6, 6.07) is 57.0. The molecule has 0 amide bonds. The Morgan fingerprint density at radius 3 is 2.00 bits per heavy atom. The van der Waals surface area contributed by atoms with Crippen LogP contribution in [0.5, 0.6) is 0 Å². The fourth-order valence-electron chi connectivity index (χ4n) is 8.13. The van der Waals surface area contributed by atoms with Gasteiger partial charge in [0.25, 0.3) is 0 Å². The molecule has 0 bridgehead atoms. The van der Waals surface area contributed by atoms with Gasteiger partial charge in [0.2, 0.25) is 0 Å². The van der Waals surface area contributed by atoms with E-state index >= 15 is 0 Å². The van der Waals surface area contributed by atoms with Crippen LogP contribution in [0.4, 0.5) is 0 Å². The molecular weight excluding hydrogens is 593 g/mol. The standard InChI is InChI=1S/C47H32N2/c1-47(2)41-17-8-6-15-37(41)40-27-33-22-20-30-19-21-32-26-35(23-24-36(32)44(30)39(33)28-42(40)47)46-48-43-18-9-7-16-38(43)45(49-46)34-14-10-13-31(25-34)29-11-4-3-5-12-29/h3-28H,1-2H3. The van der Waals surface area contributed by atoms with Gasteiger partial charge in [0.1, 0.15) is 0 Å². The molecule has 8 aromatic carbocycles. The van der Waals surface area contributed by atoms with E-state index in [2.05, 4.69) is 172 Å². The van der Waals surface area contributed by atoms with Crippen LogP contribution in [0.15, 0.2) is 158 Å². The van der Waals surface area contributed by atoms with E-state index in [1.54, 1.807) is 0 Å². The molecule has 0 saturated carbocycles. The van der Waals surface area contributed by atoms with Gasteiger partial charge in [-0.2, -0.15) is 0 Å². The van der Waals surface area contributed by atoms with Crippen LogP contribution in [-0.4, -0.2) is 9.97 Å². The summed E-state index contributed by atoms with van der Waals surface area (Å²) in [7, 11) is 0. The third-order valence-electron chi connectivity index (χ3n) is 10.6. The summed E-state index contributed by atoms with van der Waals surface area (Å²) in [5.41, 5.74) is 11.8. The Labute approximate surface area is 285 Å². The molecule has 0 N–H and O–H groups in total. The van der Waals surface area contributed by atoms with E-state index in [0.717, 1.165) is 33.5 Å². The van der Waals surface area contributed by atoms with Crippen molar-refractivity contribution in [2.75, 3.05) is 0 Å². The maximum Gasteiger partial charge on any atom is 0.160 e. The highest BCUT2D eigenvalue weighted by atomic mass is 14.9. The SMILES string of the molecule is CC1(C)c2ccccc2-c2cc3ccc4ccc5cc(-c6nc(-c7cccc(-c8ccccc8)c7)c7ccccc7n6)ccc5c4c3cc21. The quantitative estimate of drug-likeness (QED) is 0.183. The molecule has 10 rings (SSSR count). The molecule has 1 aliphatic carbocycles. The van der Waals surface area contributed by atoms with Crippen LogP contribution in [0.25, 0.3) is 88.1 Å². The van der Waals surface area contributed by atoms with Crippen LogP contribution < -0.4 is 0 Å². The Kier molecular flexibility index (Phi) is 5.95. The van der Waals surface area contributed by atoms with Crippen molar-refractivity contribution in [1.82, 2.24) is 9.97 Å². The van der Waals surface area contributed by atoms with Gasteiger partial charge in [-0.1, -0.05) is 141 Å². The second-order valence-electron chi connectivity index (χ2n) is 13.8. The molecule has 0 saturated heterocycles. The number of fused-ring (bicyclic) bond motifs is 9. The summed E-state index contributed by atoms with van der Waals surface area (Å²) in [6.45, 7) is 4.71. The first-order valence-corrected chi connectivity index (χ1v) is 17.0. The zero-order valence-electron chi connectivity index (χ0n) is 27.4. The van der Waals surface area contributed by atoms with E-state index in [1.807, 2.05) is 0 Å². The van der Waals surface area contributed by atoms with Crippen molar-refractivity contribution in [2.45, 2.75) is 19.3 Å². The second kappa shape index (κ2) is 10.4. The first-order valence-electron chi connectivity index (χ1n) is 17.0. The minimum absolute atomic E-state index is 0.0498. The van der Waals surface area contributed by atoms with E-state index in [4.69, 9.17) is 9.97 Å². The zero-order valence-corrected chi connectivity index (χ0v) is 27.4. The highest BCUT2D eigenvalue weighted by Gasteiger charge is 2.35. The number of aromatic nitrogens is 2. The minimum Gasteiger partial charge on any atom is -0.228 e. The largest absolute Gasteiger partial charge is 0.228 e. The predicted octanol–water partition coefficient (Wildman–Crippen LogP) is 12.4. The van der Waals surface area contributed by atoms with E-state index in [-0.39, 0.29) is 5.41 Å². The normalized spacial score (nSPS) is 13.3. The van der Waals surface area contributed by atoms with Crippen molar-refractivity contribution in [1.29, 1.82) is 0 Å². The fourth-order valence-corrected chi connectivity index (χ4v) is 8.13. The molecule has 230 valence electrons. The number of hydrogen-bond acceptors (Lipinski definition) is 2. The molecule has 2 nitrogen and oxygen atoms in total. The third-order valence-corrected chi connectivity index (χ3v) is 10.6. The lowest BCUT2D eigenvalue weighted by Crippen LogP contribution is -2.14. The molecule has 0 atom stereocenters. The van der Waals surface area contributed by atoms with E-state index in [0.29, 0.717) is 0 Å². The molecule has 49 heavy (non-hydrogen) atoms. The molecule has 1 aliphatic rings. The molecule has 0 spiro atoms. The second-order valence-corrected chi connectivity index (χ2v) is 13.8. The molecule has 0 radical (unpaired) electrons. The molecule has 1 heterocycles. The monoisotopic (exact) mass is 624 g/mol. The van der Waals surface area contributed by atoms with Gasteiger partial charge in [0, 0.05) is 21.9 Å². The summed E-state index contributed by atoms with van der Waals surface area (Å²) in [6.07, 6.45) is 0. The number of rotatable bonds is 3. The maximum absolute atomic E-state index is 5.26. The Morgan fingerprint density at radius 2 is 1.12 bits per heavy atom. The lowest BCUT2D eigenvalue weighted by Gasteiger charge is -2.22. The first-order chi connectivity index (χ1) is 24.0. The summed E-state index contributed by atoms with van der Waals surface area (Å²) >= 11 is 0. The minimum atomic E-state index is -0.0498. The van der Waals surface area contributed by atoms with Crippen LogP contribution in [0.1, 0.15) is 25.0 Å². The van der Waals surface area contributed by atoms with Crippen LogP contribution in [-0.2, 0) is 5.41 Å².